The minimum absolute atomic E-state index is 0.0213. The third-order valence-corrected chi connectivity index (χ3v) is 4.49. The van der Waals surface area contributed by atoms with Crippen LogP contribution in [0.3, 0.4) is 0 Å². The molecule has 0 amide bonds. The van der Waals surface area contributed by atoms with Crippen LogP contribution in [0.2, 0.25) is 0 Å². The molecule has 1 aromatic rings. The molecule has 0 radical (unpaired) electrons. The molecule has 1 rings (SSSR count). The average molecular weight is 255 g/mol. The zero-order chi connectivity index (χ0) is 12.8. The second-order valence-electron chi connectivity index (χ2n) is 4.24. The Hall–Kier alpha value is -0.870. The van der Waals surface area contributed by atoms with Crippen LogP contribution in [0.1, 0.15) is 20.3 Å². The minimum Gasteiger partial charge on any atom is -0.497 e. The summed E-state index contributed by atoms with van der Waals surface area (Å²) < 4.78 is 17.2. The molecule has 0 aliphatic carbocycles. The van der Waals surface area contributed by atoms with E-state index in [1.807, 2.05) is 18.2 Å². The van der Waals surface area contributed by atoms with E-state index in [-0.39, 0.29) is 6.04 Å². The number of benzene rings is 1. The van der Waals surface area contributed by atoms with Gasteiger partial charge in [-0.2, -0.15) is 0 Å². The van der Waals surface area contributed by atoms with Gasteiger partial charge < -0.3 is 10.5 Å². The van der Waals surface area contributed by atoms with Crippen LogP contribution in [0, 0.1) is 5.92 Å². The van der Waals surface area contributed by atoms with Crippen LogP contribution in [-0.4, -0.2) is 23.1 Å². The molecule has 0 fully saturated rings. The predicted octanol–water partition coefficient (Wildman–Crippen LogP) is 2.18. The second kappa shape index (κ2) is 6.77. The van der Waals surface area contributed by atoms with Gasteiger partial charge in [-0.3, -0.25) is 4.21 Å². The van der Waals surface area contributed by atoms with E-state index in [0.29, 0.717) is 11.7 Å². The second-order valence-corrected chi connectivity index (χ2v) is 5.74. The van der Waals surface area contributed by atoms with Crippen molar-refractivity contribution in [3.8, 4) is 5.75 Å². The summed E-state index contributed by atoms with van der Waals surface area (Å²) in [4.78, 5) is 0.781. The van der Waals surface area contributed by atoms with Gasteiger partial charge in [0.2, 0.25) is 0 Å². The first-order valence-electron chi connectivity index (χ1n) is 5.86. The fraction of sp³-hybridized carbons (Fsp3) is 0.538. The molecule has 0 aromatic heterocycles. The molecular weight excluding hydrogens is 234 g/mol. The third-order valence-electron chi connectivity index (χ3n) is 3.02. The molecule has 0 saturated carbocycles. The van der Waals surface area contributed by atoms with E-state index < -0.39 is 10.8 Å². The fourth-order valence-corrected chi connectivity index (χ4v) is 2.83. The lowest BCUT2D eigenvalue weighted by Gasteiger charge is -2.17. The first kappa shape index (κ1) is 14.2. The van der Waals surface area contributed by atoms with Crippen LogP contribution >= 0.6 is 0 Å². The van der Waals surface area contributed by atoms with Gasteiger partial charge in [0.05, 0.1) is 17.9 Å². The molecule has 0 heterocycles. The van der Waals surface area contributed by atoms with Crippen LogP contribution in [0.15, 0.2) is 29.2 Å². The van der Waals surface area contributed by atoms with Crippen molar-refractivity contribution < 1.29 is 8.95 Å². The number of hydrogen-bond donors (Lipinski definition) is 1. The topological polar surface area (TPSA) is 52.3 Å². The van der Waals surface area contributed by atoms with Crippen LogP contribution < -0.4 is 10.5 Å². The molecule has 96 valence electrons. The smallest absolute Gasteiger partial charge is 0.120 e. The number of rotatable bonds is 6. The van der Waals surface area contributed by atoms with Gasteiger partial charge in [-0.25, -0.2) is 0 Å². The molecule has 0 aliphatic heterocycles. The normalized spacial score (nSPS) is 16.2. The van der Waals surface area contributed by atoms with Gasteiger partial charge in [0, 0.05) is 16.7 Å². The van der Waals surface area contributed by atoms with Gasteiger partial charge in [-0.1, -0.05) is 26.3 Å². The maximum Gasteiger partial charge on any atom is 0.120 e. The van der Waals surface area contributed by atoms with Gasteiger partial charge in [0.1, 0.15) is 5.75 Å². The Morgan fingerprint density at radius 3 is 2.76 bits per heavy atom. The zero-order valence-electron chi connectivity index (χ0n) is 10.7. The summed E-state index contributed by atoms with van der Waals surface area (Å²) in [6.07, 6.45) is 1.01. The lowest BCUT2D eigenvalue weighted by Crippen LogP contribution is -2.33. The van der Waals surface area contributed by atoms with Crippen molar-refractivity contribution in [2.45, 2.75) is 31.2 Å². The van der Waals surface area contributed by atoms with Crippen LogP contribution in [-0.2, 0) is 10.8 Å². The van der Waals surface area contributed by atoms with E-state index >= 15 is 0 Å². The Labute approximate surface area is 106 Å². The molecule has 0 bridgehead atoms. The van der Waals surface area contributed by atoms with E-state index in [0.717, 1.165) is 17.1 Å². The van der Waals surface area contributed by atoms with Crippen molar-refractivity contribution in [1.82, 2.24) is 0 Å². The summed E-state index contributed by atoms with van der Waals surface area (Å²) in [5, 5.41) is 0. The largest absolute Gasteiger partial charge is 0.497 e. The van der Waals surface area contributed by atoms with E-state index in [4.69, 9.17) is 10.5 Å². The molecule has 1 aromatic carbocycles. The monoisotopic (exact) mass is 255 g/mol. The standard InChI is InChI=1S/C13H21NO2S/c1-4-10(2)13(14)9-17(15)12-7-5-6-11(8-12)16-3/h5-8,10,13H,4,9,14H2,1-3H3. The highest BCUT2D eigenvalue weighted by Gasteiger charge is 2.15. The molecule has 3 nitrogen and oxygen atoms in total. The Bertz CT molecular complexity index is 381. The average Bonchev–Trinajstić information content (AvgIpc) is 2.37. The van der Waals surface area contributed by atoms with Crippen molar-refractivity contribution in [3.63, 3.8) is 0 Å². The molecular formula is C13H21NO2S. The third kappa shape index (κ3) is 4.13. The summed E-state index contributed by atoms with van der Waals surface area (Å²) in [6.45, 7) is 4.19. The summed E-state index contributed by atoms with van der Waals surface area (Å²) in [5.41, 5.74) is 6.01. The van der Waals surface area contributed by atoms with E-state index in [2.05, 4.69) is 13.8 Å². The van der Waals surface area contributed by atoms with Gasteiger partial charge in [0.25, 0.3) is 0 Å². The Balaban J connectivity index is 2.69. The number of methoxy groups -OCH3 is 1. The summed E-state index contributed by atoms with van der Waals surface area (Å²) in [6, 6.07) is 7.32. The molecule has 17 heavy (non-hydrogen) atoms. The SMILES string of the molecule is CCC(C)C(N)CS(=O)c1cccc(OC)c1. The Morgan fingerprint density at radius 1 is 1.47 bits per heavy atom. The van der Waals surface area contributed by atoms with Gasteiger partial charge in [-0.05, 0) is 24.1 Å². The lowest BCUT2D eigenvalue weighted by atomic mass is 10.0. The fourth-order valence-electron chi connectivity index (χ4n) is 1.48. The Kier molecular flexibility index (Phi) is 5.65. The molecule has 0 saturated heterocycles. The summed E-state index contributed by atoms with van der Waals surface area (Å²) in [7, 11) is 0.552. The summed E-state index contributed by atoms with van der Waals surface area (Å²) >= 11 is 0. The quantitative estimate of drug-likeness (QED) is 0.847. The maximum atomic E-state index is 12.1. The van der Waals surface area contributed by atoms with Gasteiger partial charge >= 0.3 is 0 Å². The summed E-state index contributed by atoms with van der Waals surface area (Å²) in [5.74, 6) is 1.62. The highest BCUT2D eigenvalue weighted by atomic mass is 32.2. The van der Waals surface area contributed by atoms with Crippen molar-refractivity contribution in [1.29, 1.82) is 0 Å². The molecule has 2 N–H and O–H groups in total. The highest BCUT2D eigenvalue weighted by Crippen LogP contribution is 2.17. The predicted molar refractivity (Wildman–Crippen MR) is 71.7 cm³/mol. The molecule has 3 atom stereocenters. The number of hydrogen-bond acceptors (Lipinski definition) is 3. The molecule has 3 unspecified atom stereocenters. The molecule has 4 heteroatoms. The lowest BCUT2D eigenvalue weighted by molar-refractivity contribution is 0.413. The van der Waals surface area contributed by atoms with E-state index in [9.17, 15) is 4.21 Å². The van der Waals surface area contributed by atoms with Crippen molar-refractivity contribution in [2.24, 2.45) is 11.7 Å². The van der Waals surface area contributed by atoms with E-state index in [1.165, 1.54) is 0 Å². The first-order valence-corrected chi connectivity index (χ1v) is 7.18. The zero-order valence-corrected chi connectivity index (χ0v) is 11.5. The van der Waals surface area contributed by atoms with Crippen molar-refractivity contribution in [2.75, 3.05) is 12.9 Å². The first-order chi connectivity index (χ1) is 8.08. The molecule has 0 aliphatic rings. The molecule has 0 spiro atoms. The van der Waals surface area contributed by atoms with Gasteiger partial charge in [-0.15, -0.1) is 0 Å². The van der Waals surface area contributed by atoms with Crippen molar-refractivity contribution >= 4 is 10.8 Å². The van der Waals surface area contributed by atoms with Crippen LogP contribution in [0.4, 0.5) is 0 Å². The van der Waals surface area contributed by atoms with Crippen LogP contribution in [0.25, 0.3) is 0 Å². The van der Waals surface area contributed by atoms with Gasteiger partial charge in [0.15, 0.2) is 0 Å². The Morgan fingerprint density at radius 2 is 2.18 bits per heavy atom. The number of nitrogens with two attached hydrogens (primary N) is 1. The van der Waals surface area contributed by atoms with Crippen LogP contribution in [0.5, 0.6) is 5.75 Å². The maximum absolute atomic E-state index is 12.1. The van der Waals surface area contributed by atoms with Crippen molar-refractivity contribution in [3.05, 3.63) is 24.3 Å². The minimum atomic E-state index is -1.05. The van der Waals surface area contributed by atoms with E-state index in [1.54, 1.807) is 13.2 Å². The highest BCUT2D eigenvalue weighted by molar-refractivity contribution is 7.85. The number of ether oxygens (including phenoxy) is 1.